The molecule has 0 fully saturated rings. The van der Waals surface area contributed by atoms with Crippen molar-refractivity contribution in [2.24, 2.45) is 0 Å². The van der Waals surface area contributed by atoms with Gasteiger partial charge in [-0.1, -0.05) is 22.0 Å². The summed E-state index contributed by atoms with van der Waals surface area (Å²) in [6.45, 7) is 3.92. The summed E-state index contributed by atoms with van der Waals surface area (Å²) in [6, 6.07) is 7.41. The van der Waals surface area contributed by atoms with Crippen LogP contribution in [0.5, 0.6) is 0 Å². The predicted molar refractivity (Wildman–Crippen MR) is 75.8 cm³/mol. The molecule has 1 amide bonds. The van der Waals surface area contributed by atoms with Gasteiger partial charge in [-0.05, 0) is 43.2 Å². The largest absolute Gasteiger partial charge is 0.321 e. The van der Waals surface area contributed by atoms with Gasteiger partial charge in [0.05, 0.1) is 11.9 Å². The molecule has 0 unspecified atom stereocenters. The Balaban J connectivity index is 2.19. The van der Waals surface area contributed by atoms with Crippen molar-refractivity contribution in [3.8, 4) is 0 Å². The molecule has 1 aromatic carbocycles. The average Bonchev–Trinajstić information content (AvgIpc) is 2.32. The van der Waals surface area contributed by atoms with E-state index in [0.29, 0.717) is 11.3 Å². The number of aryl methyl sites for hydroxylation is 2. The van der Waals surface area contributed by atoms with Crippen molar-refractivity contribution in [3.05, 3.63) is 57.8 Å². The number of pyridine rings is 1. The summed E-state index contributed by atoms with van der Waals surface area (Å²) in [5, 5.41) is 2.82. The molecule has 1 N–H and O–H groups in total. The van der Waals surface area contributed by atoms with Gasteiger partial charge in [-0.3, -0.25) is 9.78 Å². The van der Waals surface area contributed by atoms with E-state index in [1.165, 1.54) is 0 Å². The maximum atomic E-state index is 12.0. The van der Waals surface area contributed by atoms with Gasteiger partial charge in [0.1, 0.15) is 0 Å². The van der Waals surface area contributed by atoms with Crippen LogP contribution in [0.15, 0.2) is 41.1 Å². The van der Waals surface area contributed by atoms with E-state index in [1.54, 1.807) is 18.5 Å². The number of rotatable bonds is 2. The van der Waals surface area contributed by atoms with Gasteiger partial charge >= 0.3 is 0 Å². The van der Waals surface area contributed by atoms with Crippen molar-refractivity contribution in [2.75, 3.05) is 5.32 Å². The highest BCUT2D eigenvalue weighted by Gasteiger charge is 2.07. The number of hydrogen-bond donors (Lipinski definition) is 1. The lowest BCUT2D eigenvalue weighted by atomic mass is 10.1. The molecule has 1 heterocycles. The van der Waals surface area contributed by atoms with Crippen LogP contribution in [0.2, 0.25) is 0 Å². The van der Waals surface area contributed by atoms with E-state index in [9.17, 15) is 4.79 Å². The summed E-state index contributed by atoms with van der Waals surface area (Å²) >= 11 is 3.42. The third kappa shape index (κ3) is 2.96. The number of hydrogen-bond acceptors (Lipinski definition) is 2. The molecule has 0 saturated carbocycles. The second-order valence-electron chi connectivity index (χ2n) is 4.17. The monoisotopic (exact) mass is 304 g/mol. The molecule has 0 aliphatic carbocycles. The molecule has 1 aromatic heterocycles. The highest BCUT2D eigenvalue weighted by Crippen LogP contribution is 2.18. The quantitative estimate of drug-likeness (QED) is 0.919. The van der Waals surface area contributed by atoms with E-state index in [2.05, 4.69) is 26.2 Å². The zero-order valence-electron chi connectivity index (χ0n) is 10.2. The Hall–Kier alpha value is -1.68. The number of aromatic nitrogens is 1. The molecular weight excluding hydrogens is 292 g/mol. The van der Waals surface area contributed by atoms with Crippen LogP contribution in [0.4, 0.5) is 5.69 Å². The molecule has 0 radical (unpaired) electrons. The van der Waals surface area contributed by atoms with Gasteiger partial charge in [-0.25, -0.2) is 0 Å². The van der Waals surface area contributed by atoms with Gasteiger partial charge in [0, 0.05) is 16.2 Å². The van der Waals surface area contributed by atoms with Crippen LogP contribution in [0.25, 0.3) is 0 Å². The van der Waals surface area contributed by atoms with Crippen molar-refractivity contribution >= 4 is 27.5 Å². The first-order valence-corrected chi connectivity index (χ1v) is 6.35. The van der Waals surface area contributed by atoms with E-state index in [4.69, 9.17) is 0 Å². The van der Waals surface area contributed by atoms with Gasteiger partial charge in [0.2, 0.25) is 0 Å². The Morgan fingerprint density at radius 1 is 1.22 bits per heavy atom. The van der Waals surface area contributed by atoms with Crippen molar-refractivity contribution in [3.63, 3.8) is 0 Å². The summed E-state index contributed by atoms with van der Waals surface area (Å²) in [5.74, 6) is -0.136. The molecule has 0 spiro atoms. The molecule has 0 saturated heterocycles. The lowest BCUT2D eigenvalue weighted by Crippen LogP contribution is -2.12. The van der Waals surface area contributed by atoms with Crippen molar-refractivity contribution in [1.29, 1.82) is 0 Å². The lowest BCUT2D eigenvalue weighted by Gasteiger charge is -2.06. The molecule has 0 bridgehead atoms. The van der Waals surface area contributed by atoms with Gasteiger partial charge in [0.15, 0.2) is 0 Å². The summed E-state index contributed by atoms with van der Waals surface area (Å²) < 4.78 is 0.928. The minimum atomic E-state index is -0.136. The normalized spacial score (nSPS) is 10.2. The summed E-state index contributed by atoms with van der Waals surface area (Å²) in [4.78, 5) is 16.1. The Morgan fingerprint density at radius 2 is 2.00 bits per heavy atom. The number of carbonyl (C=O) groups excluding carboxylic acids is 1. The topological polar surface area (TPSA) is 42.0 Å². The number of halogens is 1. The van der Waals surface area contributed by atoms with Gasteiger partial charge in [0.25, 0.3) is 5.91 Å². The second kappa shape index (κ2) is 5.31. The minimum absolute atomic E-state index is 0.136. The van der Waals surface area contributed by atoms with Gasteiger partial charge in [-0.2, -0.15) is 0 Å². The molecule has 0 aliphatic heterocycles. The Bertz CT molecular complexity index is 596. The number of carbonyl (C=O) groups is 1. The summed E-state index contributed by atoms with van der Waals surface area (Å²) in [6.07, 6.45) is 3.38. The predicted octanol–water partition coefficient (Wildman–Crippen LogP) is 3.71. The van der Waals surface area contributed by atoms with Gasteiger partial charge in [-0.15, -0.1) is 0 Å². The molecule has 18 heavy (non-hydrogen) atoms. The Kier molecular flexibility index (Phi) is 3.77. The molecule has 4 heteroatoms. The Labute approximate surface area is 114 Å². The van der Waals surface area contributed by atoms with E-state index in [1.807, 2.05) is 32.0 Å². The zero-order chi connectivity index (χ0) is 13.1. The molecule has 2 aromatic rings. The number of anilines is 1. The van der Waals surface area contributed by atoms with Gasteiger partial charge < -0.3 is 5.32 Å². The van der Waals surface area contributed by atoms with E-state index in [0.717, 1.165) is 15.6 Å². The first-order valence-electron chi connectivity index (χ1n) is 5.55. The second-order valence-corrected chi connectivity index (χ2v) is 5.02. The maximum Gasteiger partial charge on any atom is 0.255 e. The third-order valence-corrected chi connectivity index (χ3v) is 3.42. The zero-order valence-corrected chi connectivity index (χ0v) is 11.8. The first-order chi connectivity index (χ1) is 8.56. The molecular formula is C14H13BrN2O. The molecule has 0 atom stereocenters. The van der Waals surface area contributed by atoms with Crippen LogP contribution in [0, 0.1) is 13.8 Å². The van der Waals surface area contributed by atoms with E-state index >= 15 is 0 Å². The third-order valence-electron chi connectivity index (χ3n) is 2.57. The summed E-state index contributed by atoms with van der Waals surface area (Å²) in [7, 11) is 0. The number of nitrogens with zero attached hydrogens (tertiary/aromatic N) is 1. The van der Waals surface area contributed by atoms with Crippen molar-refractivity contribution in [1.82, 2.24) is 4.98 Å². The molecule has 3 nitrogen and oxygen atoms in total. The summed E-state index contributed by atoms with van der Waals surface area (Å²) in [5.41, 5.74) is 3.44. The van der Waals surface area contributed by atoms with Crippen LogP contribution in [-0.4, -0.2) is 10.9 Å². The molecule has 2 rings (SSSR count). The van der Waals surface area contributed by atoms with Crippen LogP contribution in [0.3, 0.4) is 0 Å². The first kappa shape index (κ1) is 12.8. The van der Waals surface area contributed by atoms with Crippen LogP contribution < -0.4 is 5.32 Å². The van der Waals surface area contributed by atoms with Crippen molar-refractivity contribution < 1.29 is 4.79 Å². The van der Waals surface area contributed by atoms with Crippen LogP contribution >= 0.6 is 15.9 Å². The van der Waals surface area contributed by atoms with Crippen LogP contribution in [-0.2, 0) is 0 Å². The average molecular weight is 305 g/mol. The fourth-order valence-corrected chi connectivity index (χ4v) is 1.94. The van der Waals surface area contributed by atoms with E-state index in [-0.39, 0.29) is 5.91 Å². The van der Waals surface area contributed by atoms with E-state index < -0.39 is 0 Å². The van der Waals surface area contributed by atoms with Crippen LogP contribution in [0.1, 0.15) is 21.5 Å². The smallest absolute Gasteiger partial charge is 0.255 e. The number of nitrogens with one attached hydrogen (secondary N) is 1. The highest BCUT2D eigenvalue weighted by atomic mass is 79.9. The molecule has 92 valence electrons. The Morgan fingerprint density at radius 3 is 2.67 bits per heavy atom. The fraction of sp³-hybridized carbons (Fsp3) is 0.143. The standard InChI is InChI=1S/C14H13BrN2O/c1-9-5-12(8-16-7-9)17-14(18)11-4-3-10(2)13(15)6-11/h3-8H,1-2H3,(H,17,18). The maximum absolute atomic E-state index is 12.0. The molecule has 0 aliphatic rings. The SMILES string of the molecule is Cc1cncc(NC(=O)c2ccc(C)c(Br)c2)c1. The number of amides is 1. The fourth-order valence-electron chi connectivity index (χ4n) is 1.56. The minimum Gasteiger partial charge on any atom is -0.321 e. The number of benzene rings is 1. The lowest BCUT2D eigenvalue weighted by molar-refractivity contribution is 0.102. The highest BCUT2D eigenvalue weighted by molar-refractivity contribution is 9.10. The van der Waals surface area contributed by atoms with Crippen molar-refractivity contribution in [2.45, 2.75) is 13.8 Å².